The fourth-order valence-corrected chi connectivity index (χ4v) is 2.07. The lowest BCUT2D eigenvalue weighted by Crippen LogP contribution is -2.11. The van der Waals surface area contributed by atoms with Gasteiger partial charge in [-0.25, -0.2) is 8.42 Å². The Hall–Kier alpha value is -1.95. The second-order valence-electron chi connectivity index (χ2n) is 3.30. The molecule has 92 valence electrons. The molecule has 0 spiro atoms. The fraction of sp³-hybridized carbons (Fsp3) is 0.500. The molecule has 1 aromatic rings. The molecule has 17 heavy (non-hydrogen) atoms. The summed E-state index contributed by atoms with van der Waals surface area (Å²) >= 11 is 0. The van der Waals surface area contributed by atoms with Gasteiger partial charge in [-0.2, -0.15) is 5.26 Å². The van der Waals surface area contributed by atoms with E-state index in [0.717, 1.165) is 4.57 Å². The van der Waals surface area contributed by atoms with Gasteiger partial charge in [0.25, 0.3) is 0 Å². The average Bonchev–Trinajstić information content (AvgIpc) is 2.55. The molecule has 1 aromatic heterocycles. The Morgan fingerprint density at radius 2 is 2.18 bits per heavy atom. The van der Waals surface area contributed by atoms with Crippen LogP contribution in [0.4, 0.5) is 5.82 Å². The minimum Gasteiger partial charge on any atom is -0.358 e. The number of hydrogen-bond acceptors (Lipinski definition) is 6. The summed E-state index contributed by atoms with van der Waals surface area (Å²) in [5, 5.41) is 19.4. The first-order valence-electron chi connectivity index (χ1n) is 4.63. The van der Waals surface area contributed by atoms with Gasteiger partial charge in [0.15, 0.2) is 9.84 Å². The Labute approximate surface area is 97.6 Å². The third-order valence-corrected chi connectivity index (χ3v) is 3.81. The minimum atomic E-state index is -3.35. The van der Waals surface area contributed by atoms with Gasteiger partial charge in [-0.15, -0.1) is 0 Å². The molecule has 9 heteroatoms. The highest BCUT2D eigenvalue weighted by molar-refractivity contribution is 7.90. The van der Waals surface area contributed by atoms with Gasteiger partial charge < -0.3 is 10.1 Å². The Morgan fingerprint density at radius 1 is 1.59 bits per heavy atom. The zero-order valence-electron chi connectivity index (χ0n) is 9.24. The summed E-state index contributed by atoms with van der Waals surface area (Å²) < 4.78 is 23.9. The van der Waals surface area contributed by atoms with Crippen LogP contribution in [0.2, 0.25) is 0 Å². The number of aromatic nitrogens is 2. The maximum Gasteiger partial charge on any atom is 0.400 e. The highest BCUT2D eigenvalue weighted by Crippen LogP contribution is 2.18. The maximum absolute atomic E-state index is 11.4. The summed E-state index contributed by atoms with van der Waals surface area (Å²) in [6, 6.07) is 1.63. The second kappa shape index (κ2) is 4.50. The zero-order chi connectivity index (χ0) is 13.2. The van der Waals surface area contributed by atoms with Crippen molar-refractivity contribution >= 4 is 15.7 Å². The number of nitro groups is 1. The summed E-state index contributed by atoms with van der Waals surface area (Å²) in [5.74, 6) is -1.12. The minimum absolute atomic E-state index is 0.00454. The van der Waals surface area contributed by atoms with Gasteiger partial charge in [-0.05, 0) is 9.91 Å². The molecule has 0 radical (unpaired) electrons. The maximum atomic E-state index is 11.4. The van der Waals surface area contributed by atoms with Crippen molar-refractivity contribution in [2.75, 3.05) is 5.75 Å². The molecule has 0 aliphatic heterocycles. The number of imidazole rings is 1. The third kappa shape index (κ3) is 2.59. The molecule has 1 rings (SSSR count). The first kappa shape index (κ1) is 13.1. The topological polar surface area (TPSA) is 119 Å². The SMILES string of the molecule is CCS(=O)(=O)Cc1nc([N+](=O)[O-])c(C#N)n1C. The van der Waals surface area contributed by atoms with E-state index in [0.29, 0.717) is 0 Å². The lowest BCUT2D eigenvalue weighted by atomic mass is 10.5. The van der Waals surface area contributed by atoms with E-state index in [1.165, 1.54) is 14.0 Å². The normalized spacial score (nSPS) is 11.1. The van der Waals surface area contributed by atoms with Crippen molar-refractivity contribution in [2.45, 2.75) is 12.7 Å². The summed E-state index contributed by atoms with van der Waals surface area (Å²) in [6.45, 7) is 1.47. The van der Waals surface area contributed by atoms with Crippen LogP contribution in [0.5, 0.6) is 0 Å². The molecule has 0 N–H and O–H groups in total. The monoisotopic (exact) mass is 258 g/mol. The fourth-order valence-electron chi connectivity index (χ4n) is 1.21. The summed E-state index contributed by atoms with van der Waals surface area (Å²) in [4.78, 5) is 13.4. The van der Waals surface area contributed by atoms with Gasteiger partial charge in [-0.3, -0.25) is 4.57 Å². The first-order valence-corrected chi connectivity index (χ1v) is 6.45. The molecule has 0 saturated heterocycles. The Balaban J connectivity index is 3.30. The number of rotatable bonds is 4. The van der Waals surface area contributed by atoms with E-state index in [-0.39, 0.29) is 17.3 Å². The molecule has 0 fully saturated rings. The Morgan fingerprint density at radius 3 is 2.53 bits per heavy atom. The Bertz CT molecular complexity index is 596. The Kier molecular flexibility index (Phi) is 3.47. The van der Waals surface area contributed by atoms with E-state index in [1.54, 1.807) is 6.07 Å². The predicted octanol–water partition coefficient (Wildman–Crippen LogP) is 0.135. The summed E-state index contributed by atoms with van der Waals surface area (Å²) in [7, 11) is -1.97. The van der Waals surface area contributed by atoms with Crippen LogP contribution in [-0.4, -0.2) is 28.6 Å². The van der Waals surface area contributed by atoms with E-state index in [1.807, 2.05) is 0 Å². The van der Waals surface area contributed by atoms with Crippen molar-refractivity contribution in [1.82, 2.24) is 9.55 Å². The zero-order valence-corrected chi connectivity index (χ0v) is 10.1. The van der Waals surface area contributed by atoms with E-state index >= 15 is 0 Å². The first-order chi connectivity index (χ1) is 7.82. The number of nitrogens with zero attached hydrogens (tertiary/aromatic N) is 4. The largest absolute Gasteiger partial charge is 0.400 e. The lowest BCUT2D eigenvalue weighted by molar-refractivity contribution is -0.389. The van der Waals surface area contributed by atoms with E-state index in [4.69, 9.17) is 5.26 Å². The van der Waals surface area contributed by atoms with Crippen LogP contribution in [0.15, 0.2) is 0 Å². The van der Waals surface area contributed by atoms with Crippen LogP contribution in [0.1, 0.15) is 18.4 Å². The number of sulfone groups is 1. The van der Waals surface area contributed by atoms with E-state index in [9.17, 15) is 18.5 Å². The van der Waals surface area contributed by atoms with Gasteiger partial charge in [-0.1, -0.05) is 6.92 Å². The number of nitriles is 1. The molecule has 0 aliphatic rings. The molecule has 0 aromatic carbocycles. The quantitative estimate of drug-likeness (QED) is 0.559. The molecule has 1 heterocycles. The van der Waals surface area contributed by atoms with Gasteiger partial charge in [0, 0.05) is 12.8 Å². The molecule has 0 aliphatic carbocycles. The number of hydrogen-bond donors (Lipinski definition) is 0. The van der Waals surface area contributed by atoms with Gasteiger partial charge in [0.05, 0.1) is 0 Å². The predicted molar refractivity (Wildman–Crippen MR) is 57.7 cm³/mol. The smallest absolute Gasteiger partial charge is 0.358 e. The summed E-state index contributed by atoms with van der Waals surface area (Å²) in [5.41, 5.74) is -0.253. The van der Waals surface area contributed by atoms with Crippen molar-refractivity contribution in [3.63, 3.8) is 0 Å². The van der Waals surface area contributed by atoms with E-state index in [2.05, 4.69) is 4.98 Å². The van der Waals surface area contributed by atoms with Crippen LogP contribution < -0.4 is 0 Å². The summed E-state index contributed by atoms with van der Waals surface area (Å²) in [6.07, 6.45) is 0. The third-order valence-electron chi connectivity index (χ3n) is 2.24. The van der Waals surface area contributed by atoms with Crippen LogP contribution in [-0.2, 0) is 22.6 Å². The van der Waals surface area contributed by atoms with Gasteiger partial charge in [0.1, 0.15) is 11.8 Å². The van der Waals surface area contributed by atoms with Crippen LogP contribution in [0.25, 0.3) is 0 Å². The second-order valence-corrected chi connectivity index (χ2v) is 5.66. The van der Waals surface area contributed by atoms with Crippen LogP contribution in [0, 0.1) is 21.4 Å². The van der Waals surface area contributed by atoms with Gasteiger partial charge in [0.2, 0.25) is 11.5 Å². The molecule has 0 atom stereocenters. The molecule has 0 unspecified atom stereocenters. The van der Waals surface area contributed by atoms with E-state index < -0.39 is 26.3 Å². The van der Waals surface area contributed by atoms with Crippen molar-refractivity contribution < 1.29 is 13.3 Å². The van der Waals surface area contributed by atoms with Crippen molar-refractivity contribution in [1.29, 1.82) is 5.26 Å². The van der Waals surface area contributed by atoms with Crippen molar-refractivity contribution in [3.8, 4) is 6.07 Å². The lowest BCUT2D eigenvalue weighted by Gasteiger charge is -1.97. The average molecular weight is 258 g/mol. The molecular formula is C8H10N4O4S. The van der Waals surface area contributed by atoms with Crippen LogP contribution >= 0.6 is 0 Å². The molecule has 0 saturated carbocycles. The molecule has 8 nitrogen and oxygen atoms in total. The standard InChI is InChI=1S/C8H10N4O4S/c1-3-17(15,16)5-7-10-8(12(13)14)6(4-9)11(7)2/h3,5H2,1-2H3. The van der Waals surface area contributed by atoms with Crippen molar-refractivity contribution in [2.24, 2.45) is 7.05 Å². The molecule has 0 bridgehead atoms. The van der Waals surface area contributed by atoms with Crippen LogP contribution in [0.3, 0.4) is 0 Å². The van der Waals surface area contributed by atoms with Crippen molar-refractivity contribution in [3.05, 3.63) is 21.6 Å². The van der Waals surface area contributed by atoms with Gasteiger partial charge >= 0.3 is 5.82 Å². The molecular weight excluding hydrogens is 248 g/mol. The molecule has 0 amide bonds. The highest BCUT2D eigenvalue weighted by atomic mass is 32.2. The highest BCUT2D eigenvalue weighted by Gasteiger charge is 2.28.